The molecule has 0 aliphatic carbocycles. The molecule has 0 atom stereocenters. The van der Waals surface area contributed by atoms with Crippen LogP contribution >= 0.6 is 0 Å². The van der Waals surface area contributed by atoms with Crippen molar-refractivity contribution < 1.29 is 81.0 Å². The fourth-order valence-electron chi connectivity index (χ4n) is 14.9. The lowest BCUT2D eigenvalue weighted by Crippen LogP contribution is -2.30. The number of esters is 2. The molecule has 0 bridgehead atoms. The van der Waals surface area contributed by atoms with Crippen LogP contribution in [-0.4, -0.2) is 101 Å². The molecule has 0 saturated carbocycles. The highest BCUT2D eigenvalue weighted by Gasteiger charge is 2.42. The molecule has 1 aliphatic rings. The maximum Gasteiger partial charge on any atom is 0.337 e. The Bertz CT molecular complexity index is 4910. The van der Waals surface area contributed by atoms with E-state index in [0.717, 1.165) is 88.2 Å². The molecule has 0 radical (unpaired) electrons. The second kappa shape index (κ2) is 45.7. The first kappa shape index (κ1) is 99.9. The van der Waals surface area contributed by atoms with Crippen molar-refractivity contribution in [3.8, 4) is 46.0 Å². The van der Waals surface area contributed by atoms with Gasteiger partial charge in [-0.2, -0.15) is 0 Å². The standard InChI is InChI=1S/C105H136N6O17/c1-23-63(24-2)57-122-87-47-69(97(114)108-83-45-39-73(101(118)120-21)51-91(83)126-61-67(31-9)32-10)35-41-81(87)106-95(112)71-37-43-85(89(49-71)124-59-65(27-5)28-6)110-99(116)77-53-75(103(13,14)15)55-79-93(77)128-94-78(54-76(104(16,17)18)56-80(94)105(79,19)20)100(117)111-86-44-38-72(50-90(86)125-60-66(29-7)30-8)96(113)107-82-42-36-70(48-88(82)123-58-64(25-3)26-4)98(115)109-84-46-40-74(102(119)121-22)52-92(84)127-62-68(33-11)34-12/h35-56,63-68H,23-34,57-62H2,1-22H3,(H,106,112)(H,107,113)(H,108,114)(H,109,115)(H,110,116)(H,111,117). The molecule has 6 N–H and O–H groups in total. The van der Waals surface area contributed by atoms with E-state index in [1.807, 2.05) is 12.1 Å². The molecule has 9 rings (SSSR count). The SMILES string of the molecule is CCC(CC)COc1cc(C(=O)Nc2ccc(C(=O)OC)cc2OCC(CC)CC)ccc1NC(=O)c1ccc(NC(=O)c2cc(C(C)(C)C)cc3c2Oc2c(C(=O)Nc4ccc(C(=O)Nc5ccc(C(=O)Nc6ccc(C(=O)OC)cc6OCC(CC)CC)cc5OCC(CC)CC)cc4OCC(CC)CC)cc(C(C)(C)C)cc2C3(C)C)c(OCC(CC)CC)c1. The van der Waals surface area contributed by atoms with Crippen LogP contribution < -0.4 is 65.1 Å². The first-order valence-electron chi connectivity index (χ1n) is 45.8. The minimum Gasteiger partial charge on any atom is -0.491 e. The van der Waals surface area contributed by atoms with Crippen molar-refractivity contribution in [2.24, 2.45) is 35.5 Å². The minimum atomic E-state index is -0.914. The van der Waals surface area contributed by atoms with Crippen LogP contribution in [0.4, 0.5) is 34.1 Å². The van der Waals surface area contributed by atoms with Gasteiger partial charge in [0.25, 0.3) is 35.4 Å². The smallest absolute Gasteiger partial charge is 0.337 e. The number of carbonyl (C=O) groups excluding carboxylic acids is 8. The molecule has 0 saturated heterocycles. The summed E-state index contributed by atoms with van der Waals surface area (Å²) in [5, 5.41) is 18.4. The van der Waals surface area contributed by atoms with Crippen molar-refractivity contribution in [2.75, 3.05) is 85.8 Å². The average molecular weight is 1750 g/mol. The summed E-state index contributed by atoms with van der Waals surface area (Å²) in [6.07, 6.45) is 10.0. The Labute approximate surface area is 757 Å². The summed E-state index contributed by atoms with van der Waals surface area (Å²) >= 11 is 0. The van der Waals surface area contributed by atoms with Gasteiger partial charge in [0.1, 0.15) is 46.0 Å². The number of hydrogen-bond donors (Lipinski definition) is 6. The summed E-state index contributed by atoms with van der Waals surface area (Å²) in [5.41, 5.74) is 4.77. The van der Waals surface area contributed by atoms with Gasteiger partial charge in [0.15, 0.2) is 0 Å². The van der Waals surface area contributed by atoms with E-state index in [2.05, 4.69) is 183 Å². The lowest BCUT2D eigenvalue weighted by molar-refractivity contribution is 0.0591. The molecule has 128 heavy (non-hydrogen) atoms. The summed E-state index contributed by atoms with van der Waals surface area (Å²) in [6, 6.07) is 36.5. The number of anilines is 6. The maximum absolute atomic E-state index is 15.8. The normalized spacial score (nSPS) is 12.2. The topological polar surface area (TPSA) is 292 Å². The van der Waals surface area contributed by atoms with Gasteiger partial charge in [-0.3, -0.25) is 28.8 Å². The first-order valence-corrected chi connectivity index (χ1v) is 45.8. The van der Waals surface area contributed by atoms with E-state index < -0.39 is 63.6 Å². The third kappa shape index (κ3) is 25.3. The van der Waals surface area contributed by atoms with Crippen LogP contribution in [0.15, 0.2) is 133 Å². The van der Waals surface area contributed by atoms with Crippen molar-refractivity contribution >= 4 is 81.5 Å². The number of hydrogen-bond acceptors (Lipinski definition) is 17. The number of fused-ring (bicyclic) bond motifs is 2. The zero-order valence-electron chi connectivity index (χ0n) is 79.3. The predicted octanol–water partition coefficient (Wildman–Crippen LogP) is 24.7. The van der Waals surface area contributed by atoms with Gasteiger partial charge in [0.05, 0.1) is 110 Å². The Morgan fingerprint density at radius 2 is 0.484 bits per heavy atom. The molecule has 8 aromatic rings. The van der Waals surface area contributed by atoms with Gasteiger partial charge < -0.3 is 74.5 Å². The molecule has 1 aliphatic heterocycles. The highest BCUT2D eigenvalue weighted by Crippen LogP contribution is 2.54. The van der Waals surface area contributed by atoms with Gasteiger partial charge in [-0.05, 0) is 179 Å². The zero-order valence-corrected chi connectivity index (χ0v) is 79.3. The Morgan fingerprint density at radius 1 is 0.289 bits per heavy atom. The van der Waals surface area contributed by atoms with Crippen molar-refractivity contribution in [1.29, 1.82) is 0 Å². The molecule has 23 heteroatoms. The van der Waals surface area contributed by atoms with Gasteiger partial charge in [0.2, 0.25) is 0 Å². The summed E-state index contributed by atoms with van der Waals surface area (Å²) in [5.74, 6) is -1.11. The van der Waals surface area contributed by atoms with Crippen LogP contribution in [0.1, 0.15) is 321 Å². The molecule has 0 unspecified atom stereocenters. The molecule has 0 spiro atoms. The van der Waals surface area contributed by atoms with E-state index in [1.165, 1.54) is 14.2 Å². The zero-order chi connectivity index (χ0) is 93.5. The van der Waals surface area contributed by atoms with E-state index >= 15 is 9.59 Å². The van der Waals surface area contributed by atoms with E-state index in [0.29, 0.717) is 71.8 Å². The van der Waals surface area contributed by atoms with Crippen LogP contribution in [0.3, 0.4) is 0 Å². The summed E-state index contributed by atoms with van der Waals surface area (Å²) in [6.45, 7) is 43.4. The van der Waals surface area contributed by atoms with Crippen molar-refractivity contribution in [1.82, 2.24) is 0 Å². The maximum atomic E-state index is 15.8. The van der Waals surface area contributed by atoms with Gasteiger partial charge in [-0.15, -0.1) is 0 Å². The Kier molecular flexibility index (Phi) is 35.7. The number of carbonyl (C=O) groups is 8. The molecule has 8 aromatic carbocycles. The average Bonchev–Trinajstić information content (AvgIpc) is 0.715. The third-order valence-electron chi connectivity index (χ3n) is 25.0. The predicted molar refractivity (Wildman–Crippen MR) is 509 cm³/mol. The summed E-state index contributed by atoms with van der Waals surface area (Å²) in [4.78, 5) is 115. The van der Waals surface area contributed by atoms with Gasteiger partial charge >= 0.3 is 11.9 Å². The molecule has 688 valence electrons. The Hall–Kier alpha value is -11.9. The summed E-state index contributed by atoms with van der Waals surface area (Å²) in [7, 11) is 2.60. The highest BCUT2D eigenvalue weighted by molar-refractivity contribution is 6.13. The Morgan fingerprint density at radius 3 is 0.680 bits per heavy atom. The van der Waals surface area contributed by atoms with Gasteiger partial charge in [-0.1, -0.05) is 228 Å². The minimum absolute atomic E-state index is 0.125. The molecule has 6 amide bonds. The van der Waals surface area contributed by atoms with Crippen LogP contribution in [0.25, 0.3) is 0 Å². The molecular formula is C105H136N6O17. The lowest BCUT2D eigenvalue weighted by atomic mass is 9.70. The number of amides is 6. The fourth-order valence-corrected chi connectivity index (χ4v) is 14.9. The van der Waals surface area contributed by atoms with Gasteiger partial charge in [0, 0.05) is 38.8 Å². The first-order chi connectivity index (χ1) is 61.1. The monoisotopic (exact) mass is 1750 g/mol. The molecular weight excluding hydrogens is 1620 g/mol. The fraction of sp³-hybridized carbons (Fsp3) is 0.467. The largest absolute Gasteiger partial charge is 0.491 e. The van der Waals surface area contributed by atoms with Crippen molar-refractivity contribution in [2.45, 2.75) is 232 Å². The number of benzene rings is 8. The lowest BCUT2D eigenvalue weighted by Gasteiger charge is -2.38. The second-order valence-electron chi connectivity index (χ2n) is 36.0. The highest BCUT2D eigenvalue weighted by atomic mass is 16.5. The van der Waals surface area contributed by atoms with Gasteiger partial charge in [-0.25, -0.2) is 9.59 Å². The third-order valence-corrected chi connectivity index (χ3v) is 25.0. The van der Waals surface area contributed by atoms with E-state index in [1.54, 1.807) is 109 Å². The van der Waals surface area contributed by atoms with Crippen LogP contribution in [0, 0.1) is 35.5 Å². The van der Waals surface area contributed by atoms with E-state index in [-0.39, 0.29) is 139 Å². The number of rotatable bonds is 44. The van der Waals surface area contributed by atoms with E-state index in [4.69, 9.17) is 42.6 Å². The van der Waals surface area contributed by atoms with Crippen molar-refractivity contribution in [3.05, 3.63) is 200 Å². The van der Waals surface area contributed by atoms with Crippen molar-refractivity contribution in [3.63, 3.8) is 0 Å². The van der Waals surface area contributed by atoms with Crippen LogP contribution in [0.2, 0.25) is 0 Å². The quantitative estimate of drug-likeness (QED) is 0.0193. The number of nitrogens with one attached hydrogen (secondary N) is 6. The number of methoxy groups -OCH3 is 2. The molecule has 0 aromatic heterocycles. The Balaban J connectivity index is 1.04. The molecule has 1 heterocycles. The second-order valence-corrected chi connectivity index (χ2v) is 36.0. The molecule has 23 nitrogen and oxygen atoms in total. The van der Waals surface area contributed by atoms with Crippen LogP contribution in [0.5, 0.6) is 46.0 Å². The number of ether oxygens (including phenoxy) is 9. The molecule has 0 fully saturated rings. The summed E-state index contributed by atoms with van der Waals surface area (Å²) < 4.78 is 56.1. The van der Waals surface area contributed by atoms with E-state index in [9.17, 15) is 28.8 Å². The van der Waals surface area contributed by atoms with Crippen LogP contribution in [-0.2, 0) is 25.7 Å².